The molecule has 3 rings (SSSR count). The molecule has 6 nitrogen and oxygen atoms in total. The van der Waals surface area contributed by atoms with E-state index >= 15 is 0 Å². The SMILES string of the molecule is CN(C)C(=O)CN1CCCN(Cc2coc(-c3ccccc3)n2)CC1. The van der Waals surface area contributed by atoms with E-state index in [0.717, 1.165) is 50.4 Å². The molecule has 25 heavy (non-hydrogen) atoms. The number of benzene rings is 1. The predicted octanol–water partition coefficient (Wildman–Crippen LogP) is 1.94. The van der Waals surface area contributed by atoms with Gasteiger partial charge in [0.25, 0.3) is 0 Å². The molecule has 134 valence electrons. The molecule has 0 aliphatic carbocycles. The van der Waals surface area contributed by atoms with Gasteiger partial charge in [-0.1, -0.05) is 18.2 Å². The molecule has 2 aromatic rings. The van der Waals surface area contributed by atoms with Crippen molar-refractivity contribution in [2.75, 3.05) is 46.8 Å². The third-order valence-corrected chi connectivity index (χ3v) is 4.50. The lowest BCUT2D eigenvalue weighted by atomic mass is 10.2. The van der Waals surface area contributed by atoms with Crippen LogP contribution in [0, 0.1) is 0 Å². The third-order valence-electron chi connectivity index (χ3n) is 4.50. The number of likely N-dealkylation sites (N-methyl/N-ethyl adjacent to an activating group) is 1. The summed E-state index contributed by atoms with van der Waals surface area (Å²) in [6, 6.07) is 9.95. The maximum atomic E-state index is 11.9. The third kappa shape index (κ3) is 4.90. The molecule has 6 heteroatoms. The Morgan fingerprint density at radius 3 is 2.60 bits per heavy atom. The van der Waals surface area contributed by atoms with Crippen LogP contribution in [0.25, 0.3) is 11.5 Å². The average molecular weight is 342 g/mol. The molecular formula is C19H26N4O2. The van der Waals surface area contributed by atoms with Gasteiger partial charge in [-0.15, -0.1) is 0 Å². The van der Waals surface area contributed by atoms with Crippen molar-refractivity contribution in [2.45, 2.75) is 13.0 Å². The van der Waals surface area contributed by atoms with Gasteiger partial charge in [0.1, 0.15) is 6.26 Å². The summed E-state index contributed by atoms with van der Waals surface area (Å²) in [6.45, 7) is 5.11. The van der Waals surface area contributed by atoms with Crippen LogP contribution in [0.1, 0.15) is 12.1 Å². The molecule has 0 saturated carbocycles. The number of hydrogen-bond donors (Lipinski definition) is 0. The van der Waals surface area contributed by atoms with E-state index in [1.165, 1.54) is 0 Å². The van der Waals surface area contributed by atoms with Crippen LogP contribution in [-0.4, -0.2) is 72.4 Å². The van der Waals surface area contributed by atoms with Crippen molar-refractivity contribution in [3.63, 3.8) is 0 Å². The lowest BCUT2D eigenvalue weighted by Gasteiger charge is -2.22. The second-order valence-corrected chi connectivity index (χ2v) is 6.70. The van der Waals surface area contributed by atoms with Crippen LogP contribution in [-0.2, 0) is 11.3 Å². The molecule has 1 amide bonds. The Morgan fingerprint density at radius 2 is 1.84 bits per heavy atom. The highest BCUT2D eigenvalue weighted by Gasteiger charge is 2.19. The summed E-state index contributed by atoms with van der Waals surface area (Å²) in [4.78, 5) is 22.8. The summed E-state index contributed by atoms with van der Waals surface area (Å²) < 4.78 is 5.63. The molecule has 0 bridgehead atoms. The van der Waals surface area contributed by atoms with E-state index in [4.69, 9.17) is 4.42 Å². The molecule has 2 heterocycles. The Labute approximate surface area is 149 Å². The number of carbonyl (C=O) groups is 1. The highest BCUT2D eigenvalue weighted by molar-refractivity contribution is 5.77. The Bertz CT molecular complexity index is 684. The Balaban J connectivity index is 1.54. The average Bonchev–Trinajstić information content (AvgIpc) is 2.97. The minimum absolute atomic E-state index is 0.164. The van der Waals surface area contributed by atoms with Gasteiger partial charge in [-0.3, -0.25) is 14.6 Å². The zero-order valence-electron chi connectivity index (χ0n) is 15.0. The minimum atomic E-state index is 0.164. The largest absolute Gasteiger partial charge is 0.444 e. The summed E-state index contributed by atoms with van der Waals surface area (Å²) in [7, 11) is 3.61. The fourth-order valence-electron chi connectivity index (χ4n) is 3.00. The van der Waals surface area contributed by atoms with E-state index in [1.807, 2.05) is 30.3 Å². The monoisotopic (exact) mass is 342 g/mol. The van der Waals surface area contributed by atoms with Crippen LogP contribution < -0.4 is 0 Å². The molecule has 1 aromatic carbocycles. The van der Waals surface area contributed by atoms with Crippen LogP contribution >= 0.6 is 0 Å². The maximum Gasteiger partial charge on any atom is 0.236 e. The second kappa shape index (κ2) is 8.27. The number of carbonyl (C=O) groups excluding carboxylic acids is 1. The highest BCUT2D eigenvalue weighted by atomic mass is 16.3. The first-order chi connectivity index (χ1) is 12.1. The second-order valence-electron chi connectivity index (χ2n) is 6.70. The van der Waals surface area contributed by atoms with Gasteiger partial charge in [-0.05, 0) is 31.6 Å². The minimum Gasteiger partial charge on any atom is -0.444 e. The van der Waals surface area contributed by atoms with Crippen molar-refractivity contribution in [1.82, 2.24) is 19.7 Å². The fourth-order valence-corrected chi connectivity index (χ4v) is 3.00. The van der Waals surface area contributed by atoms with E-state index in [-0.39, 0.29) is 5.91 Å². The molecule has 1 aliphatic rings. The maximum absolute atomic E-state index is 11.9. The molecule has 0 atom stereocenters. The summed E-state index contributed by atoms with van der Waals surface area (Å²) in [6.07, 6.45) is 2.81. The van der Waals surface area contributed by atoms with Gasteiger partial charge in [0.05, 0.1) is 12.2 Å². The Morgan fingerprint density at radius 1 is 1.12 bits per heavy atom. The van der Waals surface area contributed by atoms with Gasteiger partial charge in [-0.25, -0.2) is 4.98 Å². The number of aromatic nitrogens is 1. The predicted molar refractivity (Wildman–Crippen MR) is 97.0 cm³/mol. The van der Waals surface area contributed by atoms with Gasteiger partial charge in [-0.2, -0.15) is 0 Å². The fraction of sp³-hybridized carbons (Fsp3) is 0.474. The van der Waals surface area contributed by atoms with Crippen molar-refractivity contribution < 1.29 is 9.21 Å². The zero-order valence-corrected chi connectivity index (χ0v) is 15.0. The number of oxazole rings is 1. The van der Waals surface area contributed by atoms with Gasteiger partial charge in [0.15, 0.2) is 0 Å². The molecule has 1 fully saturated rings. The number of amides is 1. The van der Waals surface area contributed by atoms with E-state index in [2.05, 4.69) is 14.8 Å². The van der Waals surface area contributed by atoms with Crippen LogP contribution in [0.4, 0.5) is 0 Å². The zero-order chi connectivity index (χ0) is 17.6. The highest BCUT2D eigenvalue weighted by Crippen LogP contribution is 2.19. The van der Waals surface area contributed by atoms with Crippen LogP contribution in [0.15, 0.2) is 41.0 Å². The quantitative estimate of drug-likeness (QED) is 0.831. The Hall–Kier alpha value is -2.18. The molecule has 1 aliphatic heterocycles. The number of hydrogen-bond acceptors (Lipinski definition) is 5. The van der Waals surface area contributed by atoms with Crippen LogP contribution in [0.5, 0.6) is 0 Å². The standard InChI is InChI=1S/C19H26N4O2/c1-21(2)18(24)14-23-10-6-9-22(11-12-23)13-17-15-25-19(20-17)16-7-4-3-5-8-16/h3-5,7-8,15H,6,9-14H2,1-2H3. The summed E-state index contributed by atoms with van der Waals surface area (Å²) in [5.74, 6) is 0.834. The lowest BCUT2D eigenvalue weighted by Crippen LogP contribution is -2.38. The summed E-state index contributed by atoms with van der Waals surface area (Å²) in [5, 5.41) is 0. The molecule has 0 unspecified atom stereocenters. The molecular weight excluding hydrogens is 316 g/mol. The molecule has 0 N–H and O–H groups in total. The molecule has 0 radical (unpaired) electrons. The van der Waals surface area contributed by atoms with Crippen LogP contribution in [0.2, 0.25) is 0 Å². The molecule has 1 aromatic heterocycles. The first kappa shape index (κ1) is 17.6. The summed E-state index contributed by atoms with van der Waals surface area (Å²) >= 11 is 0. The first-order valence-corrected chi connectivity index (χ1v) is 8.76. The van der Waals surface area contributed by atoms with Gasteiger partial charge >= 0.3 is 0 Å². The lowest BCUT2D eigenvalue weighted by molar-refractivity contribution is -0.129. The number of rotatable bonds is 5. The van der Waals surface area contributed by atoms with E-state index in [0.29, 0.717) is 12.4 Å². The first-order valence-electron chi connectivity index (χ1n) is 8.76. The van der Waals surface area contributed by atoms with Crippen molar-refractivity contribution in [3.05, 3.63) is 42.3 Å². The van der Waals surface area contributed by atoms with Crippen LogP contribution in [0.3, 0.4) is 0 Å². The van der Waals surface area contributed by atoms with Crippen molar-refractivity contribution in [3.8, 4) is 11.5 Å². The van der Waals surface area contributed by atoms with Crippen molar-refractivity contribution in [2.24, 2.45) is 0 Å². The smallest absolute Gasteiger partial charge is 0.236 e. The molecule has 0 spiro atoms. The van der Waals surface area contributed by atoms with E-state index in [9.17, 15) is 4.79 Å². The normalized spacial score (nSPS) is 16.6. The Kier molecular flexibility index (Phi) is 5.83. The van der Waals surface area contributed by atoms with Gasteiger partial charge < -0.3 is 9.32 Å². The number of nitrogens with zero attached hydrogens (tertiary/aromatic N) is 4. The van der Waals surface area contributed by atoms with Crippen molar-refractivity contribution in [1.29, 1.82) is 0 Å². The molecule has 1 saturated heterocycles. The van der Waals surface area contributed by atoms with E-state index < -0.39 is 0 Å². The van der Waals surface area contributed by atoms with Gasteiger partial charge in [0, 0.05) is 39.3 Å². The summed E-state index contributed by atoms with van der Waals surface area (Å²) in [5.41, 5.74) is 1.95. The van der Waals surface area contributed by atoms with Gasteiger partial charge in [0.2, 0.25) is 11.8 Å². The topological polar surface area (TPSA) is 52.8 Å². The van der Waals surface area contributed by atoms with Crippen molar-refractivity contribution >= 4 is 5.91 Å². The van der Waals surface area contributed by atoms with E-state index in [1.54, 1.807) is 25.3 Å².